The molecule has 0 saturated heterocycles. The second-order valence-electron chi connectivity index (χ2n) is 2.29. The fourth-order valence-electron chi connectivity index (χ4n) is 0.901. The minimum atomic E-state index is -1.99. The van der Waals surface area contributed by atoms with Crippen LogP contribution in [0.25, 0.3) is 0 Å². The molecule has 66 valence electrons. The van der Waals surface area contributed by atoms with Crippen LogP contribution >= 0.6 is 0 Å². The first-order chi connectivity index (χ1) is 5.66. The molecule has 12 heavy (non-hydrogen) atoms. The number of benzene rings is 1. The molecule has 0 aliphatic carbocycles. The van der Waals surface area contributed by atoms with Gasteiger partial charge in [-0.1, -0.05) is 6.07 Å². The van der Waals surface area contributed by atoms with Crippen LogP contribution in [0.2, 0.25) is 0 Å². The molecular formula is C8H7F3O. The highest BCUT2D eigenvalue weighted by molar-refractivity contribution is 5.22. The van der Waals surface area contributed by atoms with Gasteiger partial charge in [-0.05, 0) is 12.1 Å². The monoisotopic (exact) mass is 176 g/mol. The van der Waals surface area contributed by atoms with Gasteiger partial charge in [-0.3, -0.25) is 0 Å². The summed E-state index contributed by atoms with van der Waals surface area (Å²) in [4.78, 5) is 0. The maximum Gasteiger partial charge on any atom is 0.154 e. The third kappa shape index (κ3) is 1.58. The second-order valence-corrected chi connectivity index (χ2v) is 2.29. The Morgan fingerprint density at radius 2 is 1.75 bits per heavy atom. The van der Waals surface area contributed by atoms with Gasteiger partial charge in [0.25, 0.3) is 0 Å². The molecule has 1 aromatic rings. The molecule has 0 spiro atoms. The van der Waals surface area contributed by atoms with E-state index in [1.165, 1.54) is 0 Å². The lowest BCUT2D eigenvalue weighted by molar-refractivity contribution is 0.172. The summed E-state index contributed by atoms with van der Waals surface area (Å²) in [6, 6.07) is 3.03. The Bertz CT molecular complexity index is 255. The average Bonchev–Trinajstić information content (AvgIpc) is 2.03. The number of halogens is 3. The van der Waals surface area contributed by atoms with Crippen LogP contribution in [0, 0.1) is 11.6 Å². The topological polar surface area (TPSA) is 20.2 Å². The smallest absolute Gasteiger partial charge is 0.154 e. The van der Waals surface area contributed by atoms with Crippen molar-refractivity contribution in [1.29, 1.82) is 0 Å². The van der Waals surface area contributed by atoms with Crippen LogP contribution in [0.15, 0.2) is 18.2 Å². The second kappa shape index (κ2) is 3.58. The zero-order valence-electron chi connectivity index (χ0n) is 6.10. The largest absolute Gasteiger partial charge is 0.393 e. The lowest BCUT2D eigenvalue weighted by Gasteiger charge is -2.06. The van der Waals surface area contributed by atoms with E-state index in [9.17, 15) is 13.2 Å². The molecule has 0 fully saturated rings. The van der Waals surface area contributed by atoms with Gasteiger partial charge < -0.3 is 5.11 Å². The van der Waals surface area contributed by atoms with Crippen molar-refractivity contribution in [3.63, 3.8) is 0 Å². The van der Waals surface area contributed by atoms with E-state index in [4.69, 9.17) is 5.11 Å². The van der Waals surface area contributed by atoms with Crippen LogP contribution in [0.4, 0.5) is 13.2 Å². The Morgan fingerprint density at radius 1 is 1.25 bits per heavy atom. The van der Waals surface area contributed by atoms with Crippen molar-refractivity contribution >= 4 is 0 Å². The Kier molecular flexibility index (Phi) is 2.70. The molecule has 0 radical (unpaired) electrons. The van der Waals surface area contributed by atoms with Crippen molar-refractivity contribution in [2.45, 2.75) is 6.17 Å². The van der Waals surface area contributed by atoms with Crippen LogP contribution in [0.5, 0.6) is 0 Å². The van der Waals surface area contributed by atoms with Crippen LogP contribution in [0.1, 0.15) is 11.7 Å². The van der Waals surface area contributed by atoms with E-state index in [0.717, 1.165) is 18.2 Å². The van der Waals surface area contributed by atoms with Gasteiger partial charge in [0.2, 0.25) is 0 Å². The first-order valence-corrected chi connectivity index (χ1v) is 3.35. The van der Waals surface area contributed by atoms with Crippen molar-refractivity contribution in [3.8, 4) is 0 Å². The lowest BCUT2D eigenvalue weighted by Crippen LogP contribution is -2.03. The van der Waals surface area contributed by atoms with Gasteiger partial charge in [-0.25, -0.2) is 13.2 Å². The summed E-state index contributed by atoms with van der Waals surface area (Å²) in [6.45, 7) is -0.919. The minimum Gasteiger partial charge on any atom is -0.393 e. The molecular weight excluding hydrogens is 169 g/mol. The van der Waals surface area contributed by atoms with E-state index in [-0.39, 0.29) is 0 Å². The van der Waals surface area contributed by atoms with Crippen molar-refractivity contribution in [3.05, 3.63) is 35.4 Å². The van der Waals surface area contributed by atoms with Gasteiger partial charge in [0, 0.05) is 0 Å². The molecule has 0 unspecified atom stereocenters. The molecule has 0 aromatic heterocycles. The molecule has 1 nitrogen and oxygen atoms in total. The Morgan fingerprint density at radius 3 is 2.17 bits per heavy atom. The van der Waals surface area contributed by atoms with Gasteiger partial charge in [-0.15, -0.1) is 0 Å². The molecule has 0 aliphatic rings. The van der Waals surface area contributed by atoms with Gasteiger partial charge in [0.05, 0.1) is 12.2 Å². The summed E-state index contributed by atoms with van der Waals surface area (Å²) in [7, 11) is 0. The Balaban J connectivity index is 3.12. The number of hydrogen-bond acceptors (Lipinski definition) is 1. The first-order valence-electron chi connectivity index (χ1n) is 3.35. The van der Waals surface area contributed by atoms with E-state index in [0.29, 0.717) is 0 Å². The molecule has 1 atom stereocenters. The highest BCUT2D eigenvalue weighted by Crippen LogP contribution is 2.22. The van der Waals surface area contributed by atoms with E-state index >= 15 is 0 Å². The van der Waals surface area contributed by atoms with Gasteiger partial charge in [0.1, 0.15) is 11.6 Å². The molecule has 0 heterocycles. The Labute approximate surface area is 67.5 Å². The summed E-state index contributed by atoms with van der Waals surface area (Å²) in [6.07, 6.45) is -1.99. The quantitative estimate of drug-likeness (QED) is 0.730. The summed E-state index contributed by atoms with van der Waals surface area (Å²) < 4.78 is 38.0. The molecule has 1 aromatic carbocycles. The standard InChI is InChI=1S/C8H7F3O/c9-5-2-1-3-6(10)8(5)7(11)4-12/h1-3,7,12H,4H2/t7-/m0/s1. The van der Waals surface area contributed by atoms with E-state index in [1.54, 1.807) is 0 Å². The normalized spacial score (nSPS) is 13.0. The summed E-state index contributed by atoms with van der Waals surface area (Å²) >= 11 is 0. The number of aliphatic hydroxyl groups excluding tert-OH is 1. The van der Waals surface area contributed by atoms with Crippen molar-refractivity contribution in [1.82, 2.24) is 0 Å². The summed E-state index contributed by atoms with van der Waals surface area (Å²) in [5, 5.41) is 8.33. The number of alkyl halides is 1. The van der Waals surface area contributed by atoms with E-state index < -0.39 is 30.0 Å². The van der Waals surface area contributed by atoms with Crippen molar-refractivity contribution in [2.24, 2.45) is 0 Å². The molecule has 1 N–H and O–H groups in total. The van der Waals surface area contributed by atoms with Gasteiger partial charge >= 0.3 is 0 Å². The molecule has 0 aliphatic heterocycles. The minimum absolute atomic E-state index is 0.708. The zero-order valence-corrected chi connectivity index (χ0v) is 6.10. The first kappa shape index (κ1) is 9.06. The Hall–Kier alpha value is -1.03. The fraction of sp³-hybridized carbons (Fsp3) is 0.250. The van der Waals surface area contributed by atoms with Crippen LogP contribution in [0.3, 0.4) is 0 Å². The SMILES string of the molecule is OC[C@H](F)c1c(F)cccc1F. The molecule has 4 heteroatoms. The molecule has 0 saturated carbocycles. The van der Waals surface area contributed by atoms with Crippen molar-refractivity contribution in [2.75, 3.05) is 6.61 Å². The predicted molar refractivity (Wildman–Crippen MR) is 37.3 cm³/mol. The fourth-order valence-corrected chi connectivity index (χ4v) is 0.901. The van der Waals surface area contributed by atoms with Crippen molar-refractivity contribution < 1.29 is 18.3 Å². The molecule has 1 rings (SSSR count). The van der Waals surface area contributed by atoms with Crippen LogP contribution in [-0.4, -0.2) is 11.7 Å². The molecule has 0 amide bonds. The zero-order chi connectivity index (χ0) is 9.14. The van der Waals surface area contributed by atoms with Crippen LogP contribution in [-0.2, 0) is 0 Å². The van der Waals surface area contributed by atoms with Gasteiger partial charge in [-0.2, -0.15) is 0 Å². The summed E-state index contributed by atoms with van der Waals surface area (Å²) in [5.74, 6) is -1.95. The average molecular weight is 176 g/mol. The number of rotatable bonds is 2. The number of hydrogen-bond donors (Lipinski definition) is 1. The maximum atomic E-state index is 12.7. The van der Waals surface area contributed by atoms with Crippen LogP contribution < -0.4 is 0 Å². The summed E-state index contributed by atoms with van der Waals surface area (Å²) in [5.41, 5.74) is -0.708. The predicted octanol–water partition coefficient (Wildman–Crippen LogP) is 1.97. The third-order valence-corrected chi connectivity index (χ3v) is 1.47. The van der Waals surface area contributed by atoms with Gasteiger partial charge in [0.15, 0.2) is 6.17 Å². The highest BCUT2D eigenvalue weighted by Gasteiger charge is 2.17. The van der Waals surface area contributed by atoms with E-state index in [2.05, 4.69) is 0 Å². The van der Waals surface area contributed by atoms with E-state index in [1.807, 2.05) is 0 Å². The molecule has 0 bridgehead atoms. The maximum absolute atomic E-state index is 12.7. The highest BCUT2D eigenvalue weighted by atomic mass is 19.2. The third-order valence-electron chi connectivity index (χ3n) is 1.47. The lowest BCUT2D eigenvalue weighted by atomic mass is 10.1. The number of aliphatic hydroxyl groups is 1.